The number of para-hydroxylation sites is 1. The zero-order valence-corrected chi connectivity index (χ0v) is 18.2. The number of hydrogen-bond acceptors (Lipinski definition) is 5. The van der Waals surface area contributed by atoms with Crippen LogP contribution in [0.25, 0.3) is 27.3 Å². The number of thiazole rings is 1. The van der Waals surface area contributed by atoms with Gasteiger partial charge in [0.25, 0.3) is 11.7 Å². The molecule has 5 aromatic rings. The quantitative estimate of drug-likeness (QED) is 0.299. The SMILES string of the molecule is Cc1ccc(-c2csc(-n3c(NC(=O)C(=O)c4c[nH]c5ccccc45)cnc3C)n2)cc1. The normalized spacial score (nSPS) is 11.1. The van der Waals surface area contributed by atoms with E-state index < -0.39 is 11.7 Å². The first-order chi connectivity index (χ1) is 15.5. The first-order valence-corrected chi connectivity index (χ1v) is 10.9. The maximum absolute atomic E-state index is 12.8. The first-order valence-electron chi connectivity index (χ1n) is 10.0. The molecule has 0 saturated carbocycles. The summed E-state index contributed by atoms with van der Waals surface area (Å²) in [5.74, 6) is -0.297. The van der Waals surface area contributed by atoms with Gasteiger partial charge in [-0.1, -0.05) is 48.0 Å². The van der Waals surface area contributed by atoms with E-state index in [0.717, 1.165) is 16.8 Å². The van der Waals surface area contributed by atoms with E-state index in [1.165, 1.54) is 23.1 Å². The summed E-state index contributed by atoms with van der Waals surface area (Å²) in [4.78, 5) is 37.6. The van der Waals surface area contributed by atoms with Crippen LogP contribution in [0.2, 0.25) is 0 Å². The molecule has 0 radical (unpaired) electrons. The van der Waals surface area contributed by atoms with Gasteiger partial charge in [0, 0.05) is 28.0 Å². The predicted molar refractivity (Wildman–Crippen MR) is 125 cm³/mol. The zero-order chi connectivity index (χ0) is 22.2. The lowest BCUT2D eigenvalue weighted by atomic mass is 10.1. The average Bonchev–Trinajstić information content (AvgIpc) is 3.52. The number of aryl methyl sites for hydroxylation is 2. The Bertz CT molecular complexity index is 1460. The van der Waals surface area contributed by atoms with E-state index in [4.69, 9.17) is 4.98 Å². The number of imidazole rings is 1. The van der Waals surface area contributed by atoms with Crippen molar-refractivity contribution in [2.45, 2.75) is 13.8 Å². The fraction of sp³-hybridized carbons (Fsp3) is 0.0833. The number of hydrogen-bond donors (Lipinski definition) is 2. The number of benzene rings is 2. The number of carbonyl (C=O) groups is 2. The number of rotatable bonds is 5. The highest BCUT2D eigenvalue weighted by molar-refractivity contribution is 7.12. The van der Waals surface area contributed by atoms with E-state index >= 15 is 0 Å². The van der Waals surface area contributed by atoms with Crippen molar-refractivity contribution in [2.75, 3.05) is 5.32 Å². The molecule has 0 fully saturated rings. The Labute approximate surface area is 187 Å². The molecule has 0 atom stereocenters. The molecule has 0 saturated heterocycles. The Morgan fingerprint density at radius 3 is 2.66 bits per heavy atom. The summed E-state index contributed by atoms with van der Waals surface area (Å²) < 4.78 is 1.74. The number of amides is 1. The molecule has 1 amide bonds. The highest BCUT2D eigenvalue weighted by atomic mass is 32.1. The first kappa shape index (κ1) is 19.9. The van der Waals surface area contributed by atoms with Crippen LogP contribution in [-0.2, 0) is 4.79 Å². The van der Waals surface area contributed by atoms with Crippen LogP contribution in [0.5, 0.6) is 0 Å². The summed E-state index contributed by atoms with van der Waals surface area (Å²) in [6.45, 7) is 3.86. The Morgan fingerprint density at radius 1 is 1.06 bits per heavy atom. The molecular formula is C24H19N5O2S. The van der Waals surface area contributed by atoms with Crippen molar-refractivity contribution in [2.24, 2.45) is 0 Å². The van der Waals surface area contributed by atoms with Crippen molar-refractivity contribution in [3.8, 4) is 16.4 Å². The molecule has 0 aliphatic heterocycles. The van der Waals surface area contributed by atoms with Crippen LogP contribution in [0, 0.1) is 13.8 Å². The fourth-order valence-corrected chi connectivity index (χ4v) is 4.45. The highest BCUT2D eigenvalue weighted by Gasteiger charge is 2.22. The van der Waals surface area contributed by atoms with Gasteiger partial charge in [0.1, 0.15) is 11.6 Å². The molecule has 0 aliphatic carbocycles. The number of carbonyl (C=O) groups excluding carboxylic acids is 2. The van der Waals surface area contributed by atoms with Crippen molar-refractivity contribution in [1.82, 2.24) is 19.5 Å². The van der Waals surface area contributed by atoms with E-state index in [1.54, 1.807) is 10.8 Å². The number of anilines is 1. The number of nitrogens with one attached hydrogen (secondary N) is 2. The van der Waals surface area contributed by atoms with Crippen LogP contribution >= 0.6 is 11.3 Å². The topological polar surface area (TPSA) is 92.7 Å². The van der Waals surface area contributed by atoms with Gasteiger partial charge in [-0.25, -0.2) is 9.97 Å². The summed E-state index contributed by atoms with van der Waals surface area (Å²) in [6, 6.07) is 15.5. The minimum absolute atomic E-state index is 0.330. The average molecular weight is 442 g/mol. The fourth-order valence-electron chi connectivity index (χ4n) is 3.55. The van der Waals surface area contributed by atoms with Gasteiger partial charge in [0.15, 0.2) is 5.13 Å². The lowest BCUT2D eigenvalue weighted by molar-refractivity contribution is -0.112. The molecule has 2 N–H and O–H groups in total. The molecule has 2 aromatic carbocycles. The van der Waals surface area contributed by atoms with Gasteiger partial charge >= 0.3 is 0 Å². The van der Waals surface area contributed by atoms with E-state index in [9.17, 15) is 9.59 Å². The van der Waals surface area contributed by atoms with Crippen molar-refractivity contribution in [3.63, 3.8) is 0 Å². The number of fused-ring (bicyclic) bond motifs is 1. The number of aromatic nitrogens is 4. The number of ketones is 1. The van der Waals surface area contributed by atoms with E-state index in [2.05, 4.69) is 15.3 Å². The second-order valence-corrected chi connectivity index (χ2v) is 8.28. The third-order valence-electron chi connectivity index (χ3n) is 5.25. The Hall–Kier alpha value is -4.04. The van der Waals surface area contributed by atoms with Crippen molar-refractivity contribution >= 4 is 39.7 Å². The van der Waals surface area contributed by atoms with Crippen molar-refractivity contribution in [3.05, 3.63) is 83.3 Å². The lowest BCUT2D eigenvalue weighted by Gasteiger charge is -2.08. The summed E-state index contributed by atoms with van der Waals surface area (Å²) in [6.07, 6.45) is 3.09. The second kappa shape index (κ2) is 7.90. The number of H-pyrrole nitrogens is 1. The summed E-state index contributed by atoms with van der Waals surface area (Å²) in [7, 11) is 0. The van der Waals surface area contributed by atoms with Crippen molar-refractivity contribution < 1.29 is 9.59 Å². The Morgan fingerprint density at radius 2 is 1.84 bits per heavy atom. The van der Waals surface area contributed by atoms with Crippen LogP contribution in [0.3, 0.4) is 0 Å². The molecule has 0 bridgehead atoms. The molecule has 32 heavy (non-hydrogen) atoms. The van der Waals surface area contributed by atoms with Gasteiger partial charge in [-0.05, 0) is 19.9 Å². The molecule has 0 aliphatic rings. The van der Waals surface area contributed by atoms with Gasteiger partial charge < -0.3 is 10.3 Å². The number of Topliss-reactive ketones (excluding diaryl/α,β-unsaturated/α-hetero) is 1. The Balaban J connectivity index is 1.42. The second-order valence-electron chi connectivity index (χ2n) is 7.44. The maximum Gasteiger partial charge on any atom is 0.298 e. The van der Waals surface area contributed by atoms with Gasteiger partial charge in [-0.15, -0.1) is 11.3 Å². The van der Waals surface area contributed by atoms with E-state index in [-0.39, 0.29) is 0 Å². The molecule has 7 nitrogen and oxygen atoms in total. The molecule has 3 heterocycles. The standard InChI is InChI=1S/C24H19N5O2S/c1-14-7-9-16(10-8-14)20-13-32-24(27-20)29-15(2)25-12-21(29)28-23(31)22(30)18-11-26-19-6-4-3-5-17(18)19/h3-13,26H,1-2H3,(H,28,31). The monoisotopic (exact) mass is 441 g/mol. The van der Waals surface area contributed by atoms with Crippen molar-refractivity contribution in [1.29, 1.82) is 0 Å². The maximum atomic E-state index is 12.8. The highest BCUT2D eigenvalue weighted by Crippen LogP contribution is 2.28. The predicted octanol–water partition coefficient (Wildman–Crippen LogP) is 4.92. The number of aromatic amines is 1. The van der Waals surface area contributed by atoms with Gasteiger partial charge in [-0.3, -0.25) is 14.2 Å². The van der Waals surface area contributed by atoms with Crippen LogP contribution in [-0.4, -0.2) is 31.2 Å². The number of nitrogens with zero attached hydrogens (tertiary/aromatic N) is 3. The molecule has 0 unspecified atom stereocenters. The summed E-state index contributed by atoms with van der Waals surface area (Å²) >= 11 is 1.44. The molecule has 3 aromatic heterocycles. The van der Waals surface area contributed by atoms with E-state index in [1.807, 2.05) is 67.8 Å². The minimum Gasteiger partial charge on any atom is -0.360 e. The molecule has 158 valence electrons. The third kappa shape index (κ3) is 3.50. The van der Waals surface area contributed by atoms with Gasteiger partial charge in [0.2, 0.25) is 0 Å². The molecule has 0 spiro atoms. The third-order valence-corrected chi connectivity index (χ3v) is 6.08. The summed E-state index contributed by atoms with van der Waals surface area (Å²) in [5, 5.41) is 6.03. The van der Waals surface area contributed by atoms with Gasteiger partial charge in [-0.2, -0.15) is 0 Å². The molecule has 8 heteroatoms. The van der Waals surface area contributed by atoms with Gasteiger partial charge in [0.05, 0.1) is 17.5 Å². The Kier molecular flexibility index (Phi) is 4.91. The zero-order valence-electron chi connectivity index (χ0n) is 17.4. The van der Waals surface area contributed by atoms with Crippen LogP contribution in [0.1, 0.15) is 21.7 Å². The summed E-state index contributed by atoms with van der Waals surface area (Å²) in [5.41, 5.74) is 4.16. The molecule has 5 rings (SSSR count). The van der Waals surface area contributed by atoms with Crippen LogP contribution < -0.4 is 5.32 Å². The van der Waals surface area contributed by atoms with Crippen LogP contribution in [0.4, 0.5) is 5.82 Å². The largest absolute Gasteiger partial charge is 0.360 e. The minimum atomic E-state index is -0.730. The van der Waals surface area contributed by atoms with Crippen LogP contribution in [0.15, 0.2) is 66.3 Å². The lowest BCUT2D eigenvalue weighted by Crippen LogP contribution is -2.24. The smallest absolute Gasteiger partial charge is 0.298 e. The van der Waals surface area contributed by atoms with E-state index in [0.29, 0.717) is 27.7 Å². The molecular weight excluding hydrogens is 422 g/mol.